The molecule has 0 aromatic carbocycles. The molecule has 0 aliphatic carbocycles. The molecule has 3 nitrogen and oxygen atoms in total. The zero-order valence-electron chi connectivity index (χ0n) is 14.6. The Kier molecular flexibility index (Phi) is 13.3. The standard InChI is InChI=1S/C18H35NO2/c1-5-6-7-8-9-10-11-12-13-14-15-21-18(20)17(2)16-19(3)4/h16H,5-15H2,1-4H3. The van der Waals surface area contributed by atoms with Crippen LogP contribution in [0.1, 0.15) is 78.1 Å². The van der Waals surface area contributed by atoms with Crippen molar-refractivity contribution in [3.63, 3.8) is 0 Å². The van der Waals surface area contributed by atoms with E-state index in [2.05, 4.69) is 6.92 Å². The summed E-state index contributed by atoms with van der Waals surface area (Å²) in [6.07, 6.45) is 14.7. The number of nitrogens with zero attached hydrogens (tertiary/aromatic N) is 1. The lowest BCUT2D eigenvalue weighted by molar-refractivity contribution is -0.139. The Hall–Kier alpha value is -0.990. The Bertz CT molecular complexity index is 285. The van der Waals surface area contributed by atoms with E-state index in [0.717, 1.165) is 6.42 Å². The average molecular weight is 297 g/mol. The Morgan fingerprint density at radius 1 is 0.905 bits per heavy atom. The van der Waals surface area contributed by atoms with Gasteiger partial charge in [0.2, 0.25) is 0 Å². The number of carbonyl (C=O) groups excluding carboxylic acids is 1. The highest BCUT2D eigenvalue weighted by Gasteiger charge is 2.05. The van der Waals surface area contributed by atoms with Crippen molar-refractivity contribution in [3.8, 4) is 0 Å². The van der Waals surface area contributed by atoms with Crippen LogP contribution in [0.15, 0.2) is 11.8 Å². The second kappa shape index (κ2) is 14.0. The van der Waals surface area contributed by atoms with Crippen molar-refractivity contribution < 1.29 is 9.53 Å². The largest absolute Gasteiger partial charge is 0.462 e. The normalized spacial score (nSPS) is 11.5. The van der Waals surface area contributed by atoms with Crippen molar-refractivity contribution in [3.05, 3.63) is 11.8 Å². The van der Waals surface area contributed by atoms with Crippen LogP contribution in [0, 0.1) is 0 Å². The van der Waals surface area contributed by atoms with Crippen LogP contribution in [0.3, 0.4) is 0 Å². The fourth-order valence-electron chi connectivity index (χ4n) is 2.31. The van der Waals surface area contributed by atoms with Crippen molar-refractivity contribution in [2.45, 2.75) is 78.1 Å². The third-order valence-electron chi connectivity index (χ3n) is 3.50. The smallest absolute Gasteiger partial charge is 0.335 e. The quantitative estimate of drug-likeness (QED) is 0.275. The van der Waals surface area contributed by atoms with Crippen LogP contribution in [0.5, 0.6) is 0 Å². The van der Waals surface area contributed by atoms with E-state index < -0.39 is 0 Å². The van der Waals surface area contributed by atoms with Gasteiger partial charge in [0, 0.05) is 25.9 Å². The molecular weight excluding hydrogens is 262 g/mol. The first kappa shape index (κ1) is 20.0. The summed E-state index contributed by atoms with van der Waals surface area (Å²) in [4.78, 5) is 13.5. The molecule has 3 heteroatoms. The predicted molar refractivity (Wildman–Crippen MR) is 90.2 cm³/mol. The van der Waals surface area contributed by atoms with Gasteiger partial charge in [-0.05, 0) is 13.3 Å². The molecule has 0 fully saturated rings. The van der Waals surface area contributed by atoms with Gasteiger partial charge >= 0.3 is 5.97 Å². The van der Waals surface area contributed by atoms with Gasteiger partial charge in [-0.25, -0.2) is 4.79 Å². The van der Waals surface area contributed by atoms with Crippen molar-refractivity contribution in [1.82, 2.24) is 4.90 Å². The van der Waals surface area contributed by atoms with Gasteiger partial charge in [-0.3, -0.25) is 0 Å². The molecule has 0 saturated carbocycles. The number of unbranched alkanes of at least 4 members (excludes halogenated alkanes) is 9. The molecule has 0 aliphatic heterocycles. The Labute approximate surface area is 131 Å². The van der Waals surface area contributed by atoms with E-state index in [0.29, 0.717) is 12.2 Å². The maximum Gasteiger partial charge on any atom is 0.335 e. The minimum absolute atomic E-state index is 0.195. The van der Waals surface area contributed by atoms with E-state index in [1.807, 2.05) is 19.0 Å². The van der Waals surface area contributed by atoms with Crippen molar-refractivity contribution in [1.29, 1.82) is 0 Å². The zero-order valence-corrected chi connectivity index (χ0v) is 14.6. The molecule has 0 N–H and O–H groups in total. The molecule has 124 valence electrons. The molecule has 0 unspecified atom stereocenters. The van der Waals surface area contributed by atoms with Gasteiger partial charge in [0.1, 0.15) is 0 Å². The summed E-state index contributed by atoms with van der Waals surface area (Å²) in [7, 11) is 3.80. The number of esters is 1. The van der Waals surface area contributed by atoms with Crippen LogP contribution in [-0.4, -0.2) is 31.6 Å². The van der Waals surface area contributed by atoms with E-state index in [4.69, 9.17) is 4.74 Å². The highest BCUT2D eigenvalue weighted by atomic mass is 16.5. The topological polar surface area (TPSA) is 29.5 Å². The molecule has 0 heterocycles. The summed E-state index contributed by atoms with van der Waals surface area (Å²) in [5, 5.41) is 0. The second-order valence-electron chi connectivity index (χ2n) is 6.09. The summed E-state index contributed by atoms with van der Waals surface area (Å²) < 4.78 is 5.24. The number of ether oxygens (including phenoxy) is 1. The molecule has 0 atom stereocenters. The molecule has 0 saturated heterocycles. The summed E-state index contributed by atoms with van der Waals surface area (Å²) >= 11 is 0. The molecule has 0 aliphatic rings. The lowest BCUT2D eigenvalue weighted by Gasteiger charge is -2.08. The lowest BCUT2D eigenvalue weighted by Crippen LogP contribution is -2.11. The Balaban J connectivity index is 3.34. The van der Waals surface area contributed by atoms with E-state index >= 15 is 0 Å². The van der Waals surface area contributed by atoms with E-state index in [9.17, 15) is 4.79 Å². The summed E-state index contributed by atoms with van der Waals surface area (Å²) in [5.41, 5.74) is 0.659. The SMILES string of the molecule is CCCCCCCCCCCCOC(=O)C(C)=CN(C)C. The molecule has 0 rings (SSSR count). The molecule has 0 aromatic heterocycles. The second-order valence-corrected chi connectivity index (χ2v) is 6.09. The van der Waals surface area contributed by atoms with Crippen LogP contribution < -0.4 is 0 Å². The minimum atomic E-state index is -0.195. The van der Waals surface area contributed by atoms with Crippen LogP contribution >= 0.6 is 0 Å². The number of hydrogen-bond acceptors (Lipinski definition) is 3. The summed E-state index contributed by atoms with van der Waals surface area (Å²) in [6, 6.07) is 0. The third kappa shape index (κ3) is 13.7. The Morgan fingerprint density at radius 3 is 1.86 bits per heavy atom. The number of carbonyl (C=O) groups is 1. The number of hydrogen-bond donors (Lipinski definition) is 0. The first-order chi connectivity index (χ1) is 10.1. The minimum Gasteiger partial charge on any atom is -0.462 e. The number of rotatable bonds is 13. The molecule has 0 aromatic rings. The molecule has 0 bridgehead atoms. The van der Waals surface area contributed by atoms with Crippen LogP contribution in [0.2, 0.25) is 0 Å². The average Bonchev–Trinajstić information content (AvgIpc) is 2.43. The predicted octanol–water partition coefficient (Wildman–Crippen LogP) is 4.92. The third-order valence-corrected chi connectivity index (χ3v) is 3.50. The molecule has 21 heavy (non-hydrogen) atoms. The van der Waals surface area contributed by atoms with E-state index in [1.165, 1.54) is 57.8 Å². The highest BCUT2D eigenvalue weighted by molar-refractivity contribution is 5.87. The van der Waals surface area contributed by atoms with Gasteiger partial charge < -0.3 is 9.64 Å². The van der Waals surface area contributed by atoms with Crippen molar-refractivity contribution in [2.75, 3.05) is 20.7 Å². The van der Waals surface area contributed by atoms with E-state index in [1.54, 1.807) is 13.1 Å². The van der Waals surface area contributed by atoms with Gasteiger partial charge in [0.15, 0.2) is 0 Å². The molecule has 0 spiro atoms. The van der Waals surface area contributed by atoms with Crippen LogP contribution in [-0.2, 0) is 9.53 Å². The fourth-order valence-corrected chi connectivity index (χ4v) is 2.31. The monoisotopic (exact) mass is 297 g/mol. The molecular formula is C18H35NO2. The van der Waals surface area contributed by atoms with Crippen LogP contribution in [0.4, 0.5) is 0 Å². The first-order valence-corrected chi connectivity index (χ1v) is 8.60. The fraction of sp³-hybridized carbons (Fsp3) is 0.833. The van der Waals surface area contributed by atoms with Gasteiger partial charge in [-0.1, -0.05) is 64.7 Å². The van der Waals surface area contributed by atoms with Gasteiger partial charge in [-0.15, -0.1) is 0 Å². The molecule has 0 radical (unpaired) electrons. The van der Waals surface area contributed by atoms with Crippen molar-refractivity contribution in [2.24, 2.45) is 0 Å². The zero-order chi connectivity index (χ0) is 15.9. The van der Waals surface area contributed by atoms with Gasteiger partial charge in [-0.2, -0.15) is 0 Å². The van der Waals surface area contributed by atoms with Gasteiger partial charge in [0.05, 0.1) is 6.61 Å². The summed E-state index contributed by atoms with van der Waals surface area (Å²) in [5.74, 6) is -0.195. The Morgan fingerprint density at radius 2 is 1.38 bits per heavy atom. The van der Waals surface area contributed by atoms with E-state index in [-0.39, 0.29) is 5.97 Å². The van der Waals surface area contributed by atoms with Gasteiger partial charge in [0.25, 0.3) is 0 Å². The maximum absolute atomic E-state index is 11.6. The van der Waals surface area contributed by atoms with Crippen LogP contribution in [0.25, 0.3) is 0 Å². The summed E-state index contributed by atoms with van der Waals surface area (Å²) in [6.45, 7) is 4.60. The lowest BCUT2D eigenvalue weighted by atomic mass is 10.1. The van der Waals surface area contributed by atoms with Crippen molar-refractivity contribution >= 4 is 5.97 Å². The highest BCUT2D eigenvalue weighted by Crippen LogP contribution is 2.10. The maximum atomic E-state index is 11.6. The first-order valence-electron chi connectivity index (χ1n) is 8.60. The molecule has 0 amide bonds.